The van der Waals surface area contributed by atoms with Crippen LogP contribution in [0.25, 0.3) is 0 Å². The summed E-state index contributed by atoms with van der Waals surface area (Å²) in [4.78, 5) is -0.303. The monoisotopic (exact) mass is 283 g/mol. The highest BCUT2D eigenvalue weighted by Gasteiger charge is 2.15. The minimum Gasteiger partial charge on any atom is -0.207 e. The molecule has 0 bridgehead atoms. The van der Waals surface area contributed by atoms with Gasteiger partial charge in [0.2, 0.25) is 10.0 Å². The number of hydrogen-bond donors (Lipinski definition) is 1. The highest BCUT2D eigenvalue weighted by atomic mass is 32.2. The molecule has 0 amide bonds. The van der Waals surface area contributed by atoms with Crippen molar-refractivity contribution in [3.8, 4) is 0 Å². The Morgan fingerprint density at radius 2 is 1.63 bits per heavy atom. The molecular formula is C13H11F2NO2S. The maximum absolute atomic E-state index is 13.0. The van der Waals surface area contributed by atoms with E-state index in [1.807, 2.05) is 6.07 Å². The van der Waals surface area contributed by atoms with Crippen molar-refractivity contribution >= 4 is 10.0 Å². The van der Waals surface area contributed by atoms with E-state index >= 15 is 0 Å². The highest BCUT2D eigenvalue weighted by Crippen LogP contribution is 2.14. The van der Waals surface area contributed by atoms with Crippen molar-refractivity contribution in [2.45, 2.75) is 11.4 Å². The second-order valence-corrected chi connectivity index (χ2v) is 5.65. The summed E-state index contributed by atoms with van der Waals surface area (Å²) in [5.41, 5.74) is 0.772. The number of hydrogen-bond acceptors (Lipinski definition) is 2. The zero-order valence-corrected chi connectivity index (χ0v) is 10.6. The van der Waals surface area contributed by atoms with E-state index in [2.05, 4.69) is 4.72 Å². The van der Waals surface area contributed by atoms with Gasteiger partial charge in [-0.15, -0.1) is 0 Å². The quantitative estimate of drug-likeness (QED) is 0.936. The van der Waals surface area contributed by atoms with E-state index in [0.717, 1.165) is 17.7 Å². The molecule has 6 heteroatoms. The molecule has 2 aromatic rings. The van der Waals surface area contributed by atoms with E-state index in [1.54, 1.807) is 24.3 Å². The number of rotatable bonds is 4. The van der Waals surface area contributed by atoms with E-state index in [9.17, 15) is 17.2 Å². The predicted molar refractivity (Wildman–Crippen MR) is 66.8 cm³/mol. The first-order valence-corrected chi connectivity index (χ1v) is 6.96. The van der Waals surface area contributed by atoms with Crippen LogP contribution in [0.2, 0.25) is 0 Å². The second-order valence-electron chi connectivity index (χ2n) is 3.89. The molecule has 0 aliphatic rings. The topological polar surface area (TPSA) is 46.2 Å². The molecule has 0 aliphatic carbocycles. The Morgan fingerprint density at radius 3 is 2.26 bits per heavy atom. The standard InChI is InChI=1S/C13H11F2NO2S/c14-12-7-6-11(8-13(12)15)19(17,18)16-9-10-4-2-1-3-5-10/h1-8,16H,9H2. The van der Waals surface area contributed by atoms with Gasteiger partial charge in [0.1, 0.15) is 0 Å². The Morgan fingerprint density at radius 1 is 0.947 bits per heavy atom. The molecule has 0 saturated carbocycles. The van der Waals surface area contributed by atoms with E-state index in [0.29, 0.717) is 6.07 Å². The molecule has 0 radical (unpaired) electrons. The normalized spacial score (nSPS) is 11.5. The Hall–Kier alpha value is -1.79. The molecule has 19 heavy (non-hydrogen) atoms. The lowest BCUT2D eigenvalue weighted by molar-refractivity contribution is 0.504. The summed E-state index contributed by atoms with van der Waals surface area (Å²) in [6.07, 6.45) is 0. The lowest BCUT2D eigenvalue weighted by Gasteiger charge is -2.07. The zero-order chi connectivity index (χ0) is 13.9. The van der Waals surface area contributed by atoms with Gasteiger partial charge in [-0.05, 0) is 23.8 Å². The maximum atomic E-state index is 13.0. The van der Waals surface area contributed by atoms with Crippen molar-refractivity contribution in [1.82, 2.24) is 4.72 Å². The lowest BCUT2D eigenvalue weighted by atomic mass is 10.2. The third-order valence-corrected chi connectivity index (χ3v) is 3.91. The minimum atomic E-state index is -3.85. The first-order chi connectivity index (χ1) is 8.99. The van der Waals surface area contributed by atoms with Gasteiger partial charge in [0.25, 0.3) is 0 Å². The fourth-order valence-electron chi connectivity index (χ4n) is 1.50. The Kier molecular flexibility index (Phi) is 3.92. The maximum Gasteiger partial charge on any atom is 0.240 e. The van der Waals surface area contributed by atoms with E-state index < -0.39 is 21.7 Å². The number of halogens is 2. The molecular weight excluding hydrogens is 272 g/mol. The molecule has 0 unspecified atom stereocenters. The van der Waals surface area contributed by atoms with Crippen LogP contribution >= 0.6 is 0 Å². The van der Waals surface area contributed by atoms with Crippen LogP contribution in [0.1, 0.15) is 5.56 Å². The van der Waals surface area contributed by atoms with Crippen LogP contribution in [0.3, 0.4) is 0 Å². The van der Waals surface area contributed by atoms with Gasteiger partial charge in [-0.25, -0.2) is 21.9 Å². The smallest absolute Gasteiger partial charge is 0.207 e. The molecule has 1 N–H and O–H groups in total. The largest absolute Gasteiger partial charge is 0.240 e. The van der Waals surface area contributed by atoms with Crippen molar-refractivity contribution in [2.24, 2.45) is 0 Å². The molecule has 2 aromatic carbocycles. The van der Waals surface area contributed by atoms with Crippen LogP contribution in [0.4, 0.5) is 8.78 Å². The van der Waals surface area contributed by atoms with Crippen LogP contribution in [0.15, 0.2) is 53.4 Å². The van der Waals surface area contributed by atoms with E-state index in [1.165, 1.54) is 0 Å². The van der Waals surface area contributed by atoms with Gasteiger partial charge < -0.3 is 0 Å². The lowest BCUT2D eigenvalue weighted by Crippen LogP contribution is -2.23. The molecule has 2 rings (SSSR count). The van der Waals surface area contributed by atoms with E-state index in [4.69, 9.17) is 0 Å². The van der Waals surface area contributed by atoms with Crippen LogP contribution < -0.4 is 4.72 Å². The summed E-state index contributed by atoms with van der Waals surface area (Å²) in [6.45, 7) is 0.0855. The van der Waals surface area contributed by atoms with Crippen LogP contribution in [-0.4, -0.2) is 8.42 Å². The van der Waals surface area contributed by atoms with Crippen molar-refractivity contribution in [1.29, 1.82) is 0 Å². The third kappa shape index (κ3) is 3.36. The summed E-state index contributed by atoms with van der Waals surface area (Å²) >= 11 is 0. The second kappa shape index (κ2) is 5.46. The van der Waals surface area contributed by atoms with Gasteiger partial charge in [-0.3, -0.25) is 0 Å². The number of nitrogens with one attached hydrogen (secondary N) is 1. The SMILES string of the molecule is O=S(=O)(NCc1ccccc1)c1ccc(F)c(F)c1. The Bertz CT molecular complexity index is 672. The Labute approximate surface area is 109 Å². The molecule has 0 saturated heterocycles. The van der Waals surface area contributed by atoms with Gasteiger partial charge >= 0.3 is 0 Å². The molecule has 0 heterocycles. The van der Waals surface area contributed by atoms with Crippen molar-refractivity contribution in [3.05, 3.63) is 65.7 Å². The molecule has 0 fully saturated rings. The summed E-state index contributed by atoms with van der Waals surface area (Å²) < 4.78 is 51.8. The number of sulfonamides is 1. The summed E-state index contributed by atoms with van der Waals surface area (Å²) in [7, 11) is -3.85. The van der Waals surface area contributed by atoms with Gasteiger partial charge in [0, 0.05) is 6.54 Å². The fraction of sp³-hybridized carbons (Fsp3) is 0.0769. The van der Waals surface area contributed by atoms with Crippen molar-refractivity contribution < 1.29 is 17.2 Å². The van der Waals surface area contributed by atoms with Crippen LogP contribution in [0.5, 0.6) is 0 Å². The van der Waals surface area contributed by atoms with Gasteiger partial charge in [-0.1, -0.05) is 30.3 Å². The minimum absolute atomic E-state index is 0.0855. The van der Waals surface area contributed by atoms with Crippen LogP contribution in [-0.2, 0) is 16.6 Å². The van der Waals surface area contributed by atoms with Gasteiger partial charge in [0.05, 0.1) is 4.90 Å². The van der Waals surface area contributed by atoms with E-state index in [-0.39, 0.29) is 11.4 Å². The predicted octanol–water partition coefficient (Wildman–Crippen LogP) is 2.44. The summed E-state index contributed by atoms with van der Waals surface area (Å²) in [6, 6.07) is 11.3. The van der Waals surface area contributed by atoms with Crippen molar-refractivity contribution in [2.75, 3.05) is 0 Å². The molecule has 0 aliphatic heterocycles. The molecule has 100 valence electrons. The highest BCUT2D eigenvalue weighted by molar-refractivity contribution is 7.89. The van der Waals surface area contributed by atoms with Gasteiger partial charge in [0.15, 0.2) is 11.6 Å². The molecule has 0 aromatic heterocycles. The Balaban J connectivity index is 2.16. The molecule has 3 nitrogen and oxygen atoms in total. The van der Waals surface area contributed by atoms with Crippen molar-refractivity contribution in [3.63, 3.8) is 0 Å². The zero-order valence-electron chi connectivity index (χ0n) is 9.81. The third-order valence-electron chi connectivity index (χ3n) is 2.51. The summed E-state index contributed by atoms with van der Waals surface area (Å²) in [5, 5.41) is 0. The summed E-state index contributed by atoms with van der Waals surface area (Å²) in [5.74, 6) is -2.27. The average Bonchev–Trinajstić information content (AvgIpc) is 2.41. The number of benzene rings is 2. The molecule has 0 atom stereocenters. The van der Waals surface area contributed by atoms with Gasteiger partial charge in [-0.2, -0.15) is 0 Å². The fourth-order valence-corrected chi connectivity index (χ4v) is 2.53. The molecule has 0 spiro atoms. The van der Waals surface area contributed by atoms with Crippen LogP contribution in [0, 0.1) is 11.6 Å². The first-order valence-electron chi connectivity index (χ1n) is 5.48. The average molecular weight is 283 g/mol. The first kappa shape index (κ1) is 13.6.